The van der Waals surface area contributed by atoms with Gasteiger partial charge >= 0.3 is 0 Å². The minimum absolute atomic E-state index is 0.298. The molecule has 90 valence electrons. The molecule has 3 nitrogen and oxygen atoms in total. The van der Waals surface area contributed by atoms with Crippen molar-refractivity contribution < 1.29 is 4.74 Å². The monoisotopic (exact) mass is 260 g/mol. The van der Waals surface area contributed by atoms with Gasteiger partial charge in [0.05, 0.1) is 17.0 Å². The molecule has 1 aromatic heterocycles. The minimum atomic E-state index is 0.298. The standard InChI is InChI=1S/C11H17ClN2OS/c1-13-9(10-2-3-11(12)16-10)6-8-7-14-4-5-15-8/h2-3,8-9,13-14H,4-7H2,1H3. The lowest BCUT2D eigenvalue weighted by atomic mass is 10.1. The van der Waals surface area contributed by atoms with Crippen molar-refractivity contribution >= 4 is 22.9 Å². The van der Waals surface area contributed by atoms with E-state index >= 15 is 0 Å². The summed E-state index contributed by atoms with van der Waals surface area (Å²) in [6.07, 6.45) is 1.28. The molecule has 0 spiro atoms. The molecule has 1 aromatic rings. The molecule has 1 fully saturated rings. The first kappa shape index (κ1) is 12.3. The summed E-state index contributed by atoms with van der Waals surface area (Å²) < 4.78 is 6.55. The summed E-state index contributed by atoms with van der Waals surface area (Å²) in [4.78, 5) is 1.28. The summed E-state index contributed by atoms with van der Waals surface area (Å²) in [5.74, 6) is 0. The van der Waals surface area contributed by atoms with Gasteiger partial charge in [0.2, 0.25) is 0 Å². The maximum absolute atomic E-state index is 5.95. The lowest BCUT2D eigenvalue weighted by molar-refractivity contribution is 0.0178. The largest absolute Gasteiger partial charge is 0.376 e. The van der Waals surface area contributed by atoms with Gasteiger partial charge in [-0.25, -0.2) is 0 Å². The van der Waals surface area contributed by atoms with Crippen LogP contribution in [-0.4, -0.2) is 32.8 Å². The molecule has 2 rings (SSSR count). The number of morpholine rings is 1. The van der Waals surface area contributed by atoms with Crippen molar-refractivity contribution in [1.29, 1.82) is 0 Å². The van der Waals surface area contributed by atoms with Gasteiger partial charge in [-0.1, -0.05) is 11.6 Å². The predicted molar refractivity (Wildman–Crippen MR) is 68.4 cm³/mol. The van der Waals surface area contributed by atoms with Crippen LogP contribution in [0.2, 0.25) is 4.34 Å². The Morgan fingerprint density at radius 3 is 3.12 bits per heavy atom. The van der Waals surface area contributed by atoms with E-state index in [0.717, 1.165) is 30.5 Å². The smallest absolute Gasteiger partial charge is 0.0931 e. The molecule has 16 heavy (non-hydrogen) atoms. The number of halogens is 1. The highest BCUT2D eigenvalue weighted by Gasteiger charge is 2.20. The van der Waals surface area contributed by atoms with Gasteiger partial charge in [0.1, 0.15) is 0 Å². The Balaban J connectivity index is 1.94. The van der Waals surface area contributed by atoms with E-state index in [1.165, 1.54) is 4.88 Å². The third kappa shape index (κ3) is 3.18. The van der Waals surface area contributed by atoms with Crippen LogP contribution in [0.3, 0.4) is 0 Å². The zero-order valence-corrected chi connectivity index (χ0v) is 10.9. The van der Waals surface area contributed by atoms with Gasteiger partial charge < -0.3 is 15.4 Å². The molecule has 1 aliphatic heterocycles. The third-order valence-electron chi connectivity index (χ3n) is 2.79. The average Bonchev–Trinajstić information content (AvgIpc) is 2.74. The van der Waals surface area contributed by atoms with Crippen molar-refractivity contribution in [3.8, 4) is 0 Å². The van der Waals surface area contributed by atoms with Crippen LogP contribution in [0, 0.1) is 0 Å². The molecular weight excluding hydrogens is 244 g/mol. The van der Waals surface area contributed by atoms with Crippen LogP contribution < -0.4 is 10.6 Å². The normalized spacial score (nSPS) is 23.2. The first-order valence-corrected chi connectivity index (χ1v) is 6.74. The van der Waals surface area contributed by atoms with Gasteiger partial charge in [-0.2, -0.15) is 0 Å². The molecule has 0 amide bonds. The van der Waals surface area contributed by atoms with Crippen LogP contribution in [0.1, 0.15) is 17.3 Å². The third-order valence-corrected chi connectivity index (χ3v) is 4.13. The van der Waals surface area contributed by atoms with Crippen LogP contribution in [0.25, 0.3) is 0 Å². The van der Waals surface area contributed by atoms with Crippen molar-refractivity contribution in [1.82, 2.24) is 10.6 Å². The highest BCUT2D eigenvalue weighted by molar-refractivity contribution is 7.16. The molecule has 1 aliphatic rings. The fourth-order valence-corrected chi connectivity index (χ4v) is 3.11. The molecule has 0 saturated carbocycles. The molecule has 0 aliphatic carbocycles. The first-order chi connectivity index (χ1) is 7.79. The Hall–Kier alpha value is -0.130. The van der Waals surface area contributed by atoms with E-state index in [2.05, 4.69) is 16.7 Å². The van der Waals surface area contributed by atoms with Crippen LogP contribution in [0.5, 0.6) is 0 Å². The maximum Gasteiger partial charge on any atom is 0.0931 e. The molecule has 2 heterocycles. The molecule has 2 unspecified atom stereocenters. The first-order valence-electron chi connectivity index (χ1n) is 5.54. The van der Waals surface area contributed by atoms with E-state index < -0.39 is 0 Å². The lowest BCUT2D eigenvalue weighted by Gasteiger charge is -2.27. The molecule has 0 radical (unpaired) electrons. The molecule has 2 N–H and O–H groups in total. The highest BCUT2D eigenvalue weighted by Crippen LogP contribution is 2.29. The lowest BCUT2D eigenvalue weighted by Crippen LogP contribution is -2.40. The van der Waals surface area contributed by atoms with Gasteiger partial charge in [0.15, 0.2) is 0 Å². The number of ether oxygens (including phenoxy) is 1. The van der Waals surface area contributed by atoms with Crippen LogP contribution in [0.15, 0.2) is 12.1 Å². The SMILES string of the molecule is CNC(CC1CNCCO1)c1ccc(Cl)s1. The van der Waals surface area contributed by atoms with Gasteiger partial charge in [0.25, 0.3) is 0 Å². The average molecular weight is 261 g/mol. The second-order valence-electron chi connectivity index (χ2n) is 3.92. The number of hydrogen-bond acceptors (Lipinski definition) is 4. The van der Waals surface area contributed by atoms with Gasteiger partial charge in [0, 0.05) is 24.0 Å². The quantitative estimate of drug-likeness (QED) is 0.869. The topological polar surface area (TPSA) is 33.3 Å². The van der Waals surface area contributed by atoms with Gasteiger partial charge in [-0.3, -0.25) is 0 Å². The van der Waals surface area contributed by atoms with E-state index in [9.17, 15) is 0 Å². The van der Waals surface area contributed by atoms with Crippen molar-refractivity contribution in [3.63, 3.8) is 0 Å². The Bertz CT molecular complexity index is 326. The highest BCUT2D eigenvalue weighted by atomic mass is 35.5. The Kier molecular flexibility index (Phi) is 4.61. The summed E-state index contributed by atoms with van der Waals surface area (Å²) in [7, 11) is 1.98. The van der Waals surface area contributed by atoms with E-state index in [4.69, 9.17) is 16.3 Å². The predicted octanol–water partition coefficient (Wildman–Crippen LogP) is 2.04. The van der Waals surface area contributed by atoms with Crippen molar-refractivity contribution in [2.45, 2.75) is 18.6 Å². The van der Waals surface area contributed by atoms with Gasteiger partial charge in [-0.05, 0) is 25.6 Å². The molecule has 2 atom stereocenters. The molecule has 1 saturated heterocycles. The van der Waals surface area contributed by atoms with Crippen molar-refractivity contribution in [3.05, 3.63) is 21.3 Å². The number of nitrogens with one attached hydrogen (secondary N) is 2. The summed E-state index contributed by atoms with van der Waals surface area (Å²) in [6, 6.07) is 4.37. The fourth-order valence-electron chi connectivity index (χ4n) is 1.93. The van der Waals surface area contributed by atoms with E-state index in [1.807, 2.05) is 13.1 Å². The van der Waals surface area contributed by atoms with Crippen LogP contribution in [0.4, 0.5) is 0 Å². The van der Waals surface area contributed by atoms with Crippen molar-refractivity contribution in [2.75, 3.05) is 26.7 Å². The maximum atomic E-state index is 5.95. The Morgan fingerprint density at radius 2 is 2.56 bits per heavy atom. The van der Waals surface area contributed by atoms with E-state index in [0.29, 0.717) is 12.1 Å². The summed E-state index contributed by atoms with van der Waals surface area (Å²) in [5, 5.41) is 6.67. The van der Waals surface area contributed by atoms with E-state index in [-0.39, 0.29) is 0 Å². The summed E-state index contributed by atoms with van der Waals surface area (Å²) in [6.45, 7) is 2.72. The number of hydrogen-bond donors (Lipinski definition) is 2. The minimum Gasteiger partial charge on any atom is -0.376 e. The Morgan fingerprint density at radius 1 is 1.69 bits per heavy atom. The fraction of sp³-hybridized carbons (Fsp3) is 0.636. The second-order valence-corrected chi connectivity index (χ2v) is 5.66. The second kappa shape index (κ2) is 5.98. The van der Waals surface area contributed by atoms with Gasteiger partial charge in [-0.15, -0.1) is 11.3 Å². The Labute approximate surface area is 105 Å². The zero-order chi connectivity index (χ0) is 11.4. The molecular formula is C11H17ClN2OS. The molecule has 0 bridgehead atoms. The van der Waals surface area contributed by atoms with E-state index in [1.54, 1.807) is 11.3 Å². The zero-order valence-electron chi connectivity index (χ0n) is 9.33. The molecule has 5 heteroatoms. The van der Waals surface area contributed by atoms with Crippen LogP contribution in [-0.2, 0) is 4.74 Å². The van der Waals surface area contributed by atoms with Crippen LogP contribution >= 0.6 is 22.9 Å². The summed E-state index contributed by atoms with van der Waals surface area (Å²) in [5.41, 5.74) is 0. The van der Waals surface area contributed by atoms with Crippen molar-refractivity contribution in [2.24, 2.45) is 0 Å². The summed E-state index contributed by atoms with van der Waals surface area (Å²) >= 11 is 7.59. The number of thiophene rings is 1. The number of rotatable bonds is 4. The molecule has 0 aromatic carbocycles.